The first-order chi connectivity index (χ1) is 7.83. The van der Waals surface area contributed by atoms with Crippen molar-refractivity contribution in [1.29, 1.82) is 0 Å². The van der Waals surface area contributed by atoms with E-state index < -0.39 is 0 Å². The standard InChI is InChI=1S/C13H22N2O/c16-13(5-10-3-1-2-4-10)15-8-11-6-14-7-12(11)9-15/h10-12,14H,1-9H2. The fraction of sp³-hybridized carbons (Fsp3) is 0.923. The molecule has 2 atom stereocenters. The molecule has 2 aliphatic heterocycles. The third-order valence-corrected chi connectivity index (χ3v) is 4.68. The Morgan fingerprint density at radius 2 is 1.75 bits per heavy atom. The molecule has 0 aromatic heterocycles. The Hall–Kier alpha value is -0.570. The number of likely N-dealkylation sites (tertiary alicyclic amines) is 1. The van der Waals surface area contributed by atoms with E-state index in [-0.39, 0.29) is 0 Å². The van der Waals surface area contributed by atoms with E-state index in [0.717, 1.165) is 44.4 Å². The van der Waals surface area contributed by atoms with Crippen molar-refractivity contribution in [2.75, 3.05) is 26.2 Å². The Bertz CT molecular complexity index is 261. The summed E-state index contributed by atoms with van der Waals surface area (Å²) in [5.74, 6) is 2.62. The number of carbonyl (C=O) groups is 1. The van der Waals surface area contributed by atoms with E-state index >= 15 is 0 Å². The molecular formula is C13H22N2O. The van der Waals surface area contributed by atoms with Crippen LogP contribution in [0.25, 0.3) is 0 Å². The van der Waals surface area contributed by atoms with Crippen LogP contribution in [0.4, 0.5) is 0 Å². The van der Waals surface area contributed by atoms with Crippen molar-refractivity contribution in [2.45, 2.75) is 32.1 Å². The van der Waals surface area contributed by atoms with Crippen molar-refractivity contribution in [1.82, 2.24) is 10.2 Å². The highest BCUT2D eigenvalue weighted by atomic mass is 16.2. The van der Waals surface area contributed by atoms with Crippen LogP contribution in [0.2, 0.25) is 0 Å². The molecule has 3 fully saturated rings. The van der Waals surface area contributed by atoms with Gasteiger partial charge in [-0.05, 0) is 30.6 Å². The van der Waals surface area contributed by atoms with Crippen molar-refractivity contribution < 1.29 is 4.79 Å². The van der Waals surface area contributed by atoms with Crippen LogP contribution in [0.15, 0.2) is 0 Å². The van der Waals surface area contributed by atoms with Crippen LogP contribution in [-0.2, 0) is 4.79 Å². The number of rotatable bonds is 2. The van der Waals surface area contributed by atoms with Crippen molar-refractivity contribution >= 4 is 5.91 Å². The smallest absolute Gasteiger partial charge is 0.222 e. The predicted molar refractivity (Wildman–Crippen MR) is 63.0 cm³/mol. The maximum atomic E-state index is 12.1. The molecule has 2 saturated heterocycles. The highest BCUT2D eigenvalue weighted by molar-refractivity contribution is 5.76. The van der Waals surface area contributed by atoms with Gasteiger partial charge in [-0.25, -0.2) is 0 Å². The Morgan fingerprint density at radius 1 is 1.12 bits per heavy atom. The zero-order chi connectivity index (χ0) is 11.0. The van der Waals surface area contributed by atoms with Gasteiger partial charge in [0.2, 0.25) is 5.91 Å². The van der Waals surface area contributed by atoms with Crippen molar-refractivity contribution in [2.24, 2.45) is 17.8 Å². The minimum atomic E-state index is 0.432. The topological polar surface area (TPSA) is 32.3 Å². The van der Waals surface area contributed by atoms with Crippen molar-refractivity contribution in [3.8, 4) is 0 Å². The molecule has 2 heterocycles. The number of hydrogen-bond acceptors (Lipinski definition) is 2. The molecule has 90 valence electrons. The lowest BCUT2D eigenvalue weighted by molar-refractivity contribution is -0.131. The normalized spacial score (nSPS) is 34.6. The van der Waals surface area contributed by atoms with Gasteiger partial charge in [0.25, 0.3) is 0 Å². The second-order valence-corrected chi connectivity index (χ2v) is 5.83. The van der Waals surface area contributed by atoms with E-state index in [4.69, 9.17) is 0 Å². The summed E-state index contributed by atoms with van der Waals surface area (Å²) in [5.41, 5.74) is 0. The molecule has 0 bridgehead atoms. The van der Waals surface area contributed by atoms with Crippen LogP contribution in [0.1, 0.15) is 32.1 Å². The molecule has 3 heteroatoms. The van der Waals surface area contributed by atoms with E-state index in [1.54, 1.807) is 0 Å². The first kappa shape index (κ1) is 10.6. The Balaban J connectivity index is 1.51. The zero-order valence-electron chi connectivity index (χ0n) is 9.95. The predicted octanol–water partition coefficient (Wildman–Crippen LogP) is 1.24. The van der Waals surface area contributed by atoms with Crippen molar-refractivity contribution in [3.05, 3.63) is 0 Å². The monoisotopic (exact) mass is 222 g/mol. The number of amides is 1. The molecule has 1 aliphatic carbocycles. The molecule has 0 aromatic carbocycles. The molecule has 1 saturated carbocycles. The minimum Gasteiger partial charge on any atom is -0.342 e. The Kier molecular flexibility index (Phi) is 2.88. The van der Waals surface area contributed by atoms with Gasteiger partial charge in [0.1, 0.15) is 0 Å². The molecule has 3 aliphatic rings. The van der Waals surface area contributed by atoms with E-state index in [9.17, 15) is 4.79 Å². The summed E-state index contributed by atoms with van der Waals surface area (Å²) in [7, 11) is 0. The lowest BCUT2D eigenvalue weighted by Crippen LogP contribution is -2.32. The zero-order valence-corrected chi connectivity index (χ0v) is 9.95. The first-order valence-electron chi connectivity index (χ1n) is 6.81. The van der Waals surface area contributed by atoms with E-state index in [1.807, 2.05) is 0 Å². The van der Waals surface area contributed by atoms with Crippen LogP contribution in [0.3, 0.4) is 0 Å². The summed E-state index contributed by atoms with van der Waals surface area (Å²) in [6.45, 7) is 4.28. The van der Waals surface area contributed by atoms with Gasteiger partial charge in [0.05, 0.1) is 0 Å². The van der Waals surface area contributed by atoms with Gasteiger partial charge in [0, 0.05) is 32.6 Å². The summed E-state index contributed by atoms with van der Waals surface area (Å²) >= 11 is 0. The average Bonchev–Trinajstić information content (AvgIpc) is 2.91. The molecule has 2 unspecified atom stereocenters. The van der Waals surface area contributed by atoms with Gasteiger partial charge >= 0.3 is 0 Å². The number of fused-ring (bicyclic) bond motifs is 1. The first-order valence-corrected chi connectivity index (χ1v) is 6.81. The summed E-state index contributed by atoms with van der Waals surface area (Å²) in [5, 5.41) is 3.42. The van der Waals surface area contributed by atoms with E-state index in [0.29, 0.717) is 11.8 Å². The third-order valence-electron chi connectivity index (χ3n) is 4.68. The van der Waals surface area contributed by atoms with Crippen LogP contribution >= 0.6 is 0 Å². The molecule has 3 rings (SSSR count). The minimum absolute atomic E-state index is 0.432. The van der Waals surface area contributed by atoms with Gasteiger partial charge in [-0.3, -0.25) is 4.79 Å². The lowest BCUT2D eigenvalue weighted by Gasteiger charge is -2.19. The van der Waals surface area contributed by atoms with E-state index in [2.05, 4.69) is 10.2 Å². The quantitative estimate of drug-likeness (QED) is 0.762. The number of carbonyl (C=O) groups excluding carboxylic acids is 1. The Labute approximate surface area is 97.6 Å². The van der Waals surface area contributed by atoms with Crippen LogP contribution in [-0.4, -0.2) is 37.0 Å². The second kappa shape index (κ2) is 4.36. The van der Waals surface area contributed by atoms with Crippen LogP contribution < -0.4 is 5.32 Å². The number of hydrogen-bond donors (Lipinski definition) is 1. The van der Waals surface area contributed by atoms with Gasteiger partial charge < -0.3 is 10.2 Å². The highest BCUT2D eigenvalue weighted by Gasteiger charge is 2.38. The molecule has 0 aromatic rings. The fourth-order valence-electron chi connectivity index (χ4n) is 3.65. The fourth-order valence-corrected chi connectivity index (χ4v) is 3.65. The van der Waals surface area contributed by atoms with Crippen LogP contribution in [0, 0.1) is 17.8 Å². The van der Waals surface area contributed by atoms with Crippen molar-refractivity contribution in [3.63, 3.8) is 0 Å². The lowest BCUT2D eigenvalue weighted by atomic mass is 10.0. The summed E-state index contributed by atoms with van der Waals surface area (Å²) in [4.78, 5) is 14.3. The van der Waals surface area contributed by atoms with Gasteiger partial charge in [-0.2, -0.15) is 0 Å². The maximum Gasteiger partial charge on any atom is 0.222 e. The third kappa shape index (κ3) is 1.97. The highest BCUT2D eigenvalue weighted by Crippen LogP contribution is 2.31. The van der Waals surface area contributed by atoms with Gasteiger partial charge in [-0.15, -0.1) is 0 Å². The molecular weight excluding hydrogens is 200 g/mol. The molecule has 1 amide bonds. The molecule has 1 N–H and O–H groups in total. The van der Waals surface area contributed by atoms with Gasteiger partial charge in [-0.1, -0.05) is 12.8 Å². The molecule has 0 radical (unpaired) electrons. The largest absolute Gasteiger partial charge is 0.342 e. The SMILES string of the molecule is O=C(CC1CCCC1)N1CC2CNCC2C1. The molecule has 16 heavy (non-hydrogen) atoms. The van der Waals surface area contributed by atoms with E-state index in [1.165, 1.54) is 25.7 Å². The second-order valence-electron chi connectivity index (χ2n) is 5.83. The average molecular weight is 222 g/mol. The number of nitrogens with zero attached hydrogens (tertiary/aromatic N) is 1. The van der Waals surface area contributed by atoms with Crippen LogP contribution in [0.5, 0.6) is 0 Å². The Morgan fingerprint density at radius 3 is 2.38 bits per heavy atom. The summed E-state index contributed by atoms with van der Waals surface area (Å²) in [6.07, 6.45) is 6.08. The number of nitrogens with one attached hydrogen (secondary N) is 1. The molecule has 3 nitrogen and oxygen atoms in total. The summed E-state index contributed by atoms with van der Waals surface area (Å²) in [6, 6.07) is 0. The molecule has 0 spiro atoms. The maximum absolute atomic E-state index is 12.1. The van der Waals surface area contributed by atoms with Gasteiger partial charge in [0.15, 0.2) is 0 Å². The summed E-state index contributed by atoms with van der Waals surface area (Å²) < 4.78 is 0.